The summed E-state index contributed by atoms with van der Waals surface area (Å²) in [7, 11) is 0. The molecule has 2 aliphatic heterocycles. The summed E-state index contributed by atoms with van der Waals surface area (Å²) < 4.78 is 21.7. The lowest BCUT2D eigenvalue weighted by molar-refractivity contribution is -0.148. The van der Waals surface area contributed by atoms with Gasteiger partial charge in [0.15, 0.2) is 0 Å². The topological polar surface area (TPSA) is 61.2 Å². The summed E-state index contributed by atoms with van der Waals surface area (Å²) in [5, 5.41) is 1.06. The average Bonchev–Trinajstić information content (AvgIpc) is 3.11. The molecule has 0 saturated heterocycles. The Bertz CT molecular complexity index is 1390. The van der Waals surface area contributed by atoms with Crippen LogP contribution in [0.4, 0.5) is 4.39 Å². The highest BCUT2D eigenvalue weighted by molar-refractivity contribution is 5.93. The van der Waals surface area contributed by atoms with Gasteiger partial charge in [-0.3, -0.25) is 9.59 Å². The smallest absolute Gasteiger partial charge is 0.313 e. The van der Waals surface area contributed by atoms with Crippen LogP contribution in [0.25, 0.3) is 22.3 Å². The van der Waals surface area contributed by atoms with Gasteiger partial charge in [0.2, 0.25) is 0 Å². The molecule has 1 aliphatic carbocycles. The molecule has 158 valence electrons. The molecule has 0 spiro atoms. The van der Waals surface area contributed by atoms with Crippen LogP contribution in [0.3, 0.4) is 0 Å². The van der Waals surface area contributed by atoms with Gasteiger partial charge in [-0.05, 0) is 60.4 Å². The number of hydrogen-bond acceptors (Lipinski definition) is 4. The first-order valence-electron chi connectivity index (χ1n) is 11.0. The SMILES string of the molecule is CCC1C(=O)OCc2c1cc1n(c2=O)Cc2c-1nc1cc(F)c(C)c3c1c2[C@@H](C)CC3. The van der Waals surface area contributed by atoms with Crippen LogP contribution in [0.15, 0.2) is 16.9 Å². The normalized spacial score (nSPS) is 21.0. The van der Waals surface area contributed by atoms with E-state index in [2.05, 4.69) is 6.92 Å². The van der Waals surface area contributed by atoms with Crippen LogP contribution in [0.1, 0.15) is 71.9 Å². The molecule has 6 rings (SSSR count). The van der Waals surface area contributed by atoms with E-state index in [1.54, 1.807) is 4.57 Å². The van der Waals surface area contributed by atoms with E-state index < -0.39 is 5.92 Å². The van der Waals surface area contributed by atoms with Crippen LogP contribution >= 0.6 is 0 Å². The molecule has 5 nitrogen and oxygen atoms in total. The number of nitrogens with zero attached hydrogens (tertiary/aromatic N) is 2. The van der Waals surface area contributed by atoms with Gasteiger partial charge in [-0.15, -0.1) is 0 Å². The van der Waals surface area contributed by atoms with Crippen molar-refractivity contribution in [2.45, 2.75) is 65.0 Å². The second-order valence-corrected chi connectivity index (χ2v) is 9.07. The van der Waals surface area contributed by atoms with Crippen molar-refractivity contribution < 1.29 is 13.9 Å². The van der Waals surface area contributed by atoms with E-state index in [0.717, 1.165) is 46.3 Å². The van der Waals surface area contributed by atoms with E-state index in [1.807, 2.05) is 19.9 Å². The number of aryl methyl sites for hydroxylation is 1. The average molecular weight is 418 g/mol. The summed E-state index contributed by atoms with van der Waals surface area (Å²) in [6.45, 7) is 6.44. The molecule has 0 fully saturated rings. The number of ether oxygens (including phenoxy) is 1. The molecular weight excluding hydrogens is 395 g/mol. The van der Waals surface area contributed by atoms with Crippen molar-refractivity contribution in [2.75, 3.05) is 0 Å². The number of pyridine rings is 2. The highest BCUT2D eigenvalue weighted by Crippen LogP contribution is 2.45. The zero-order valence-electron chi connectivity index (χ0n) is 17.8. The number of halogens is 1. The molecule has 6 heteroatoms. The Morgan fingerprint density at radius 1 is 1.23 bits per heavy atom. The van der Waals surface area contributed by atoms with Crippen LogP contribution in [0, 0.1) is 12.7 Å². The highest BCUT2D eigenvalue weighted by atomic mass is 19.1. The number of carbonyl (C=O) groups is 1. The van der Waals surface area contributed by atoms with Gasteiger partial charge in [-0.2, -0.15) is 0 Å². The van der Waals surface area contributed by atoms with Crippen LogP contribution in [0.5, 0.6) is 0 Å². The lowest BCUT2D eigenvalue weighted by atomic mass is 9.79. The Hall–Kier alpha value is -3.02. The van der Waals surface area contributed by atoms with Gasteiger partial charge in [0, 0.05) is 17.0 Å². The Morgan fingerprint density at radius 2 is 2.03 bits per heavy atom. The van der Waals surface area contributed by atoms with Crippen LogP contribution in [-0.4, -0.2) is 15.5 Å². The Labute approximate surface area is 178 Å². The minimum atomic E-state index is -0.434. The minimum absolute atomic E-state index is 0.0212. The summed E-state index contributed by atoms with van der Waals surface area (Å²) in [5.41, 5.74) is 7.35. The number of carbonyl (C=O) groups excluding carboxylic acids is 1. The van der Waals surface area contributed by atoms with Gasteiger partial charge >= 0.3 is 5.97 Å². The summed E-state index contributed by atoms with van der Waals surface area (Å²) in [6.07, 6.45) is 2.36. The van der Waals surface area contributed by atoms with Crippen molar-refractivity contribution in [3.63, 3.8) is 0 Å². The Balaban J connectivity index is 1.69. The number of cyclic esters (lactones) is 1. The number of rotatable bonds is 1. The van der Waals surface area contributed by atoms with Gasteiger partial charge in [0.1, 0.15) is 12.4 Å². The van der Waals surface area contributed by atoms with E-state index in [0.29, 0.717) is 35.5 Å². The third kappa shape index (κ3) is 2.33. The molecule has 0 saturated carbocycles. The molecule has 3 aliphatic rings. The summed E-state index contributed by atoms with van der Waals surface area (Å²) in [4.78, 5) is 30.6. The van der Waals surface area contributed by atoms with Gasteiger partial charge < -0.3 is 9.30 Å². The number of aromatic nitrogens is 2. The van der Waals surface area contributed by atoms with E-state index in [1.165, 1.54) is 11.6 Å². The molecule has 31 heavy (non-hydrogen) atoms. The molecule has 2 atom stereocenters. The molecule has 0 N–H and O–H groups in total. The first-order chi connectivity index (χ1) is 14.9. The van der Waals surface area contributed by atoms with Crippen LogP contribution in [0.2, 0.25) is 0 Å². The third-order valence-corrected chi connectivity index (χ3v) is 7.49. The van der Waals surface area contributed by atoms with E-state index in [9.17, 15) is 14.0 Å². The molecule has 3 aromatic rings. The first kappa shape index (κ1) is 18.7. The lowest BCUT2D eigenvalue weighted by Crippen LogP contribution is -2.32. The van der Waals surface area contributed by atoms with Crippen molar-refractivity contribution in [1.82, 2.24) is 9.55 Å². The monoisotopic (exact) mass is 418 g/mol. The zero-order chi connectivity index (χ0) is 21.6. The molecule has 0 radical (unpaired) electrons. The van der Waals surface area contributed by atoms with Crippen molar-refractivity contribution in [2.24, 2.45) is 0 Å². The quantitative estimate of drug-likeness (QED) is 0.428. The first-order valence-corrected chi connectivity index (χ1v) is 11.0. The maximum atomic E-state index is 14.7. The largest absolute Gasteiger partial charge is 0.460 e. The van der Waals surface area contributed by atoms with Gasteiger partial charge in [-0.1, -0.05) is 13.8 Å². The maximum Gasteiger partial charge on any atom is 0.313 e. The second-order valence-electron chi connectivity index (χ2n) is 9.07. The number of fused-ring (bicyclic) bond motifs is 5. The van der Waals surface area contributed by atoms with Crippen molar-refractivity contribution in [1.29, 1.82) is 0 Å². The fourth-order valence-corrected chi connectivity index (χ4v) is 5.81. The lowest BCUT2D eigenvalue weighted by Gasteiger charge is -2.26. The number of benzene rings is 1. The molecule has 1 aromatic carbocycles. The molecule has 2 aromatic heterocycles. The van der Waals surface area contributed by atoms with Crippen LogP contribution < -0.4 is 5.56 Å². The van der Waals surface area contributed by atoms with Gasteiger partial charge in [-0.25, -0.2) is 9.37 Å². The second kappa shape index (κ2) is 6.25. The number of esters is 1. The predicted octanol–water partition coefficient (Wildman–Crippen LogP) is 4.47. The molecule has 4 heterocycles. The Kier molecular flexibility index (Phi) is 3.78. The molecule has 0 amide bonds. The fourth-order valence-electron chi connectivity index (χ4n) is 5.81. The van der Waals surface area contributed by atoms with Crippen molar-refractivity contribution >= 4 is 16.9 Å². The Morgan fingerprint density at radius 3 is 2.81 bits per heavy atom. The highest BCUT2D eigenvalue weighted by Gasteiger charge is 2.36. The van der Waals surface area contributed by atoms with E-state index >= 15 is 0 Å². The summed E-state index contributed by atoms with van der Waals surface area (Å²) in [6, 6.07) is 3.48. The predicted molar refractivity (Wildman–Crippen MR) is 115 cm³/mol. The minimum Gasteiger partial charge on any atom is -0.460 e. The molecule has 0 bridgehead atoms. The molecular formula is C25H23FN2O3. The zero-order valence-corrected chi connectivity index (χ0v) is 17.8. The maximum absolute atomic E-state index is 14.7. The standard InChI is InChI=1S/C25H23FN2O3/c1-4-13-15-7-20-23-16(9-28(20)24(29)17(15)10-31-25(13)30)21-11(2)5-6-14-12(3)18(26)8-19(27-23)22(14)21/h7-8,11,13H,4-6,9-10H2,1-3H3/t11-,13?/m0/s1. The number of hydrogen-bond donors (Lipinski definition) is 0. The third-order valence-electron chi connectivity index (χ3n) is 7.49. The van der Waals surface area contributed by atoms with Crippen molar-refractivity contribution in [3.05, 3.63) is 61.7 Å². The molecule has 1 unspecified atom stereocenters. The van der Waals surface area contributed by atoms with Crippen LogP contribution in [-0.2, 0) is 29.1 Å². The fraction of sp³-hybridized carbons (Fsp3) is 0.400. The van der Waals surface area contributed by atoms with Crippen molar-refractivity contribution in [3.8, 4) is 11.4 Å². The van der Waals surface area contributed by atoms with Gasteiger partial charge in [0.05, 0.1) is 34.9 Å². The summed E-state index contributed by atoms with van der Waals surface area (Å²) >= 11 is 0. The summed E-state index contributed by atoms with van der Waals surface area (Å²) in [5.74, 6) is -0.639. The van der Waals surface area contributed by atoms with Gasteiger partial charge in [0.25, 0.3) is 5.56 Å². The van der Waals surface area contributed by atoms with E-state index in [-0.39, 0.29) is 24.0 Å². The van der Waals surface area contributed by atoms with E-state index in [4.69, 9.17) is 9.72 Å².